The van der Waals surface area contributed by atoms with Crippen molar-refractivity contribution in [3.8, 4) is 0 Å². The monoisotopic (exact) mass is 128 g/mol. The van der Waals surface area contributed by atoms with Gasteiger partial charge in [0.05, 0.1) is 7.11 Å². The maximum atomic E-state index is 9.74. The molecule has 0 heterocycles. The molecule has 4 nitrogen and oxygen atoms in total. The van der Waals surface area contributed by atoms with Crippen LogP contribution in [-0.2, 0) is 14.3 Å². The summed E-state index contributed by atoms with van der Waals surface area (Å²) >= 11 is 0. The van der Waals surface area contributed by atoms with Crippen molar-refractivity contribution < 1.29 is 19.1 Å². The third kappa shape index (κ3) is 5.94. The van der Waals surface area contributed by atoms with Gasteiger partial charge >= 0.3 is 42.2 Å². The van der Waals surface area contributed by atoms with E-state index < -0.39 is 6.16 Å². The summed E-state index contributed by atoms with van der Waals surface area (Å²) in [5, 5.41) is 0. The summed E-state index contributed by atoms with van der Waals surface area (Å²) < 4.78 is 7.55. The van der Waals surface area contributed by atoms with E-state index in [0.29, 0.717) is 0 Å². The molecule has 0 aliphatic carbocycles. The molecule has 42 valence electrons. The predicted molar refractivity (Wildman–Crippen MR) is 26.7 cm³/mol. The first kappa shape index (κ1) is 10.8. The van der Waals surface area contributed by atoms with E-state index in [9.17, 15) is 9.59 Å². The Balaban J connectivity index is 0. The second-order valence-electron chi connectivity index (χ2n) is 0.668. The van der Waals surface area contributed by atoms with Gasteiger partial charge in [0.25, 0.3) is 0 Å². The van der Waals surface area contributed by atoms with Crippen LogP contribution >= 0.6 is 0 Å². The fourth-order valence-electron chi connectivity index (χ4n) is 0.0874. The summed E-state index contributed by atoms with van der Waals surface area (Å²) in [6.07, 6.45) is -0.991. The number of carbonyl (C=O) groups excluding carboxylic acids is 2. The molecular formula is C3H5NaO4. The molecular weight excluding hydrogens is 123 g/mol. The van der Waals surface area contributed by atoms with E-state index in [1.54, 1.807) is 0 Å². The average Bonchev–Trinajstić information content (AvgIpc) is 1.68. The Kier molecular flexibility index (Phi) is 9.40. The number of rotatable bonds is 1. The molecule has 0 atom stereocenters. The Labute approximate surface area is 68.4 Å². The van der Waals surface area contributed by atoms with Crippen molar-refractivity contribution in [2.75, 3.05) is 7.11 Å². The van der Waals surface area contributed by atoms with Crippen molar-refractivity contribution in [3.05, 3.63) is 0 Å². The zero-order valence-corrected chi connectivity index (χ0v) is 3.71. The van der Waals surface area contributed by atoms with Crippen LogP contribution in [0, 0.1) is 0 Å². The third-order valence-corrected chi connectivity index (χ3v) is 0.311. The average molecular weight is 128 g/mol. The van der Waals surface area contributed by atoms with Gasteiger partial charge in [-0.2, -0.15) is 0 Å². The summed E-state index contributed by atoms with van der Waals surface area (Å²) in [5.74, 6) is 0. The first-order chi connectivity index (χ1) is 3.31. The van der Waals surface area contributed by atoms with Crippen molar-refractivity contribution in [3.63, 3.8) is 0 Å². The number of methoxy groups -OCH3 is 1. The van der Waals surface area contributed by atoms with E-state index in [1.807, 2.05) is 0 Å². The summed E-state index contributed by atoms with van der Waals surface area (Å²) in [5.41, 5.74) is 0. The predicted octanol–water partition coefficient (Wildman–Crippen LogP) is -0.723. The topological polar surface area (TPSA) is 52.6 Å². The van der Waals surface area contributed by atoms with Gasteiger partial charge in [-0.3, -0.25) is 4.79 Å². The first-order valence-corrected chi connectivity index (χ1v) is 1.49. The van der Waals surface area contributed by atoms with Crippen LogP contribution in [0.5, 0.6) is 0 Å². The Bertz CT molecular complexity index is 81.4. The molecule has 0 aromatic carbocycles. The molecule has 0 bridgehead atoms. The zero-order valence-electron chi connectivity index (χ0n) is 3.71. The molecule has 0 aromatic rings. The van der Waals surface area contributed by atoms with Crippen LogP contribution in [0.25, 0.3) is 0 Å². The number of ether oxygens (including phenoxy) is 2. The molecule has 0 radical (unpaired) electrons. The Morgan fingerprint density at radius 3 is 2.25 bits per heavy atom. The van der Waals surface area contributed by atoms with E-state index in [4.69, 9.17) is 0 Å². The van der Waals surface area contributed by atoms with E-state index in [0.717, 1.165) is 7.11 Å². The SMILES string of the molecule is COC(=O)OC=O.[NaH]. The summed E-state index contributed by atoms with van der Waals surface area (Å²) in [6, 6.07) is 0. The van der Waals surface area contributed by atoms with Crippen LogP contribution in [0.15, 0.2) is 0 Å². The minimum atomic E-state index is -0.991. The Morgan fingerprint density at radius 1 is 1.62 bits per heavy atom. The quantitative estimate of drug-likeness (QED) is 0.202. The van der Waals surface area contributed by atoms with Gasteiger partial charge < -0.3 is 9.47 Å². The van der Waals surface area contributed by atoms with Gasteiger partial charge in [0, 0.05) is 0 Å². The molecule has 0 aromatic heterocycles. The molecule has 0 spiro atoms. The van der Waals surface area contributed by atoms with Crippen molar-refractivity contribution in [1.29, 1.82) is 0 Å². The molecule has 0 saturated carbocycles. The van der Waals surface area contributed by atoms with E-state index >= 15 is 0 Å². The molecule has 0 aliphatic rings. The van der Waals surface area contributed by atoms with Gasteiger partial charge in [-0.15, -0.1) is 0 Å². The normalized spacial score (nSPS) is 6.12. The van der Waals surface area contributed by atoms with Gasteiger partial charge in [0.15, 0.2) is 0 Å². The first-order valence-electron chi connectivity index (χ1n) is 1.49. The van der Waals surface area contributed by atoms with Crippen molar-refractivity contribution in [2.24, 2.45) is 0 Å². The van der Waals surface area contributed by atoms with E-state index in [-0.39, 0.29) is 36.0 Å². The standard InChI is InChI=1S/C3H4O4.Na.H/c1-6-3(5)7-2-4;;/h2H,1H3;;. The molecule has 0 N–H and O–H groups in total. The van der Waals surface area contributed by atoms with Crippen LogP contribution in [0.3, 0.4) is 0 Å². The fourth-order valence-corrected chi connectivity index (χ4v) is 0.0874. The van der Waals surface area contributed by atoms with Crippen LogP contribution in [0.2, 0.25) is 0 Å². The molecule has 0 rings (SSSR count). The van der Waals surface area contributed by atoms with Gasteiger partial charge in [-0.1, -0.05) is 0 Å². The third-order valence-electron chi connectivity index (χ3n) is 0.311. The van der Waals surface area contributed by atoms with Crippen LogP contribution < -0.4 is 0 Å². The molecule has 5 heteroatoms. The van der Waals surface area contributed by atoms with Crippen LogP contribution in [0.1, 0.15) is 0 Å². The summed E-state index contributed by atoms with van der Waals surface area (Å²) in [7, 11) is 1.12. The minimum absolute atomic E-state index is 0. The van der Waals surface area contributed by atoms with E-state index in [2.05, 4.69) is 9.47 Å². The molecule has 0 amide bonds. The Hall–Kier alpha value is -0.0600. The van der Waals surface area contributed by atoms with Gasteiger partial charge in [0.2, 0.25) is 0 Å². The van der Waals surface area contributed by atoms with Crippen molar-refractivity contribution >= 4 is 42.2 Å². The molecule has 8 heavy (non-hydrogen) atoms. The van der Waals surface area contributed by atoms with Gasteiger partial charge in [-0.25, -0.2) is 4.79 Å². The fraction of sp³-hybridized carbons (Fsp3) is 0.333. The van der Waals surface area contributed by atoms with Gasteiger partial charge in [-0.05, 0) is 0 Å². The van der Waals surface area contributed by atoms with Gasteiger partial charge in [0.1, 0.15) is 0 Å². The maximum absolute atomic E-state index is 9.74. The molecule has 0 unspecified atom stereocenters. The number of hydrogen-bond acceptors (Lipinski definition) is 4. The van der Waals surface area contributed by atoms with Crippen LogP contribution in [-0.4, -0.2) is 49.3 Å². The van der Waals surface area contributed by atoms with E-state index in [1.165, 1.54) is 0 Å². The van der Waals surface area contributed by atoms with Crippen LogP contribution in [0.4, 0.5) is 4.79 Å². The second-order valence-corrected chi connectivity index (χ2v) is 0.668. The zero-order chi connectivity index (χ0) is 5.70. The Morgan fingerprint density at radius 2 is 2.12 bits per heavy atom. The number of carbonyl (C=O) groups is 2. The number of hydrogen-bond donors (Lipinski definition) is 0. The molecule has 0 aliphatic heterocycles. The van der Waals surface area contributed by atoms with Crippen molar-refractivity contribution in [1.82, 2.24) is 0 Å². The summed E-state index contributed by atoms with van der Waals surface area (Å²) in [4.78, 5) is 19.0. The molecule has 0 saturated heterocycles. The second kappa shape index (κ2) is 6.94. The van der Waals surface area contributed by atoms with Crippen molar-refractivity contribution in [2.45, 2.75) is 0 Å². The molecule has 0 fully saturated rings. The summed E-state index contributed by atoms with van der Waals surface area (Å²) in [6.45, 7) is 0.00579.